The smallest absolute Gasteiger partial charge is 0.191 e. The summed E-state index contributed by atoms with van der Waals surface area (Å²) in [6.07, 6.45) is 4.07. The average molecular weight is 340 g/mol. The van der Waals surface area contributed by atoms with E-state index < -0.39 is 0 Å². The van der Waals surface area contributed by atoms with Gasteiger partial charge in [0.05, 0.1) is 0 Å². The van der Waals surface area contributed by atoms with E-state index in [9.17, 15) is 0 Å². The van der Waals surface area contributed by atoms with Crippen LogP contribution < -0.4 is 10.6 Å². The molecule has 0 saturated heterocycles. The maximum absolute atomic E-state index is 4.66. The van der Waals surface area contributed by atoms with Gasteiger partial charge in [-0.15, -0.1) is 11.3 Å². The first-order valence-corrected chi connectivity index (χ1v) is 9.34. The van der Waals surface area contributed by atoms with Crippen LogP contribution in [-0.2, 0) is 12.8 Å². The Morgan fingerprint density at radius 2 is 2.04 bits per heavy atom. The number of rotatable bonds is 7. The van der Waals surface area contributed by atoms with Crippen molar-refractivity contribution in [3.8, 4) is 0 Å². The van der Waals surface area contributed by atoms with Crippen LogP contribution in [-0.4, -0.2) is 30.6 Å². The highest BCUT2D eigenvalue weighted by atomic mass is 32.1. The first kappa shape index (κ1) is 16.6. The van der Waals surface area contributed by atoms with Gasteiger partial charge in [0.15, 0.2) is 5.96 Å². The molecular weight excluding hydrogens is 316 g/mol. The predicted molar refractivity (Wildman–Crippen MR) is 104 cm³/mol. The molecule has 0 amide bonds. The van der Waals surface area contributed by atoms with Crippen LogP contribution in [0.15, 0.2) is 53.0 Å². The summed E-state index contributed by atoms with van der Waals surface area (Å²) in [6, 6.07) is 12.7. The Kier molecular flexibility index (Phi) is 5.90. The molecule has 0 radical (unpaired) electrons. The normalized spacial score (nSPS) is 11.8. The third-order valence-corrected chi connectivity index (χ3v) is 4.85. The summed E-state index contributed by atoms with van der Waals surface area (Å²) in [5.74, 6) is 0.897. The average Bonchev–Trinajstić information content (AvgIpc) is 3.25. The van der Waals surface area contributed by atoms with Crippen molar-refractivity contribution in [1.29, 1.82) is 0 Å². The number of H-pyrrole nitrogens is 1. The molecule has 1 aromatic carbocycles. The van der Waals surface area contributed by atoms with Crippen LogP contribution in [0.4, 0.5) is 0 Å². The highest BCUT2D eigenvalue weighted by Crippen LogP contribution is 2.17. The molecule has 5 heteroatoms. The fourth-order valence-electron chi connectivity index (χ4n) is 2.73. The van der Waals surface area contributed by atoms with Gasteiger partial charge in [0, 0.05) is 48.0 Å². The lowest BCUT2D eigenvalue weighted by Crippen LogP contribution is -2.38. The van der Waals surface area contributed by atoms with Gasteiger partial charge >= 0.3 is 0 Å². The van der Waals surface area contributed by atoms with Crippen LogP contribution in [0.1, 0.15) is 17.4 Å². The molecule has 0 bridgehead atoms. The van der Waals surface area contributed by atoms with Crippen LogP contribution in [0.2, 0.25) is 0 Å². The Morgan fingerprint density at radius 3 is 2.88 bits per heavy atom. The van der Waals surface area contributed by atoms with Crippen LogP contribution in [0.25, 0.3) is 10.9 Å². The molecule has 0 unspecified atom stereocenters. The maximum Gasteiger partial charge on any atom is 0.191 e. The van der Waals surface area contributed by atoms with Gasteiger partial charge in [-0.2, -0.15) is 0 Å². The number of para-hydroxylation sites is 1. The SMILES string of the molecule is CCNC(=NCCc1cccs1)NCCc1c[nH]c2ccccc12. The molecular formula is C19H24N4S. The molecule has 3 rings (SSSR count). The summed E-state index contributed by atoms with van der Waals surface area (Å²) in [6.45, 7) is 4.64. The number of thiophene rings is 1. The Labute approximate surface area is 147 Å². The molecule has 3 aromatic rings. The van der Waals surface area contributed by atoms with E-state index in [1.807, 2.05) is 0 Å². The number of guanidine groups is 1. The minimum atomic E-state index is 0.808. The van der Waals surface area contributed by atoms with Gasteiger partial charge < -0.3 is 15.6 Å². The molecule has 126 valence electrons. The number of fused-ring (bicyclic) bond motifs is 1. The van der Waals surface area contributed by atoms with Crippen molar-refractivity contribution < 1.29 is 0 Å². The summed E-state index contributed by atoms with van der Waals surface area (Å²) in [4.78, 5) is 9.37. The van der Waals surface area contributed by atoms with Crippen molar-refractivity contribution >= 4 is 28.2 Å². The topological polar surface area (TPSA) is 52.2 Å². The number of benzene rings is 1. The Morgan fingerprint density at radius 1 is 1.12 bits per heavy atom. The van der Waals surface area contributed by atoms with Gasteiger partial charge in [-0.3, -0.25) is 4.99 Å². The third-order valence-electron chi connectivity index (χ3n) is 3.91. The number of aliphatic imine (C=N–C) groups is 1. The van der Waals surface area contributed by atoms with E-state index >= 15 is 0 Å². The lowest BCUT2D eigenvalue weighted by Gasteiger charge is -2.11. The highest BCUT2D eigenvalue weighted by Gasteiger charge is 2.03. The highest BCUT2D eigenvalue weighted by molar-refractivity contribution is 7.09. The molecule has 2 heterocycles. The summed E-state index contributed by atoms with van der Waals surface area (Å²) < 4.78 is 0. The summed E-state index contributed by atoms with van der Waals surface area (Å²) in [5.41, 5.74) is 2.54. The summed E-state index contributed by atoms with van der Waals surface area (Å²) >= 11 is 1.79. The first-order chi connectivity index (χ1) is 11.9. The van der Waals surface area contributed by atoms with E-state index in [1.54, 1.807) is 11.3 Å². The van der Waals surface area contributed by atoms with Crippen molar-refractivity contribution in [3.05, 3.63) is 58.4 Å². The maximum atomic E-state index is 4.66. The molecule has 24 heavy (non-hydrogen) atoms. The van der Waals surface area contributed by atoms with E-state index in [0.717, 1.165) is 38.4 Å². The first-order valence-electron chi connectivity index (χ1n) is 8.46. The van der Waals surface area contributed by atoms with Gasteiger partial charge in [0.25, 0.3) is 0 Å². The quantitative estimate of drug-likeness (QED) is 0.455. The lowest BCUT2D eigenvalue weighted by molar-refractivity contribution is 0.800. The number of nitrogens with one attached hydrogen (secondary N) is 3. The Balaban J connectivity index is 1.52. The van der Waals surface area contributed by atoms with E-state index in [4.69, 9.17) is 0 Å². The molecule has 0 aliphatic heterocycles. The van der Waals surface area contributed by atoms with E-state index in [0.29, 0.717) is 0 Å². The molecule has 2 aromatic heterocycles. The third kappa shape index (κ3) is 4.38. The standard InChI is InChI=1S/C19H24N4S/c1-2-20-19(22-12-10-16-6-5-13-24-16)21-11-9-15-14-23-18-8-4-3-7-17(15)18/h3-8,13-14,23H,2,9-12H2,1H3,(H2,20,21,22). The zero-order chi connectivity index (χ0) is 16.6. The lowest BCUT2D eigenvalue weighted by atomic mass is 10.1. The zero-order valence-electron chi connectivity index (χ0n) is 14.0. The number of hydrogen-bond acceptors (Lipinski definition) is 2. The molecule has 0 spiro atoms. The van der Waals surface area contributed by atoms with Crippen molar-refractivity contribution in [2.75, 3.05) is 19.6 Å². The zero-order valence-corrected chi connectivity index (χ0v) is 14.8. The van der Waals surface area contributed by atoms with E-state index in [1.165, 1.54) is 21.3 Å². The van der Waals surface area contributed by atoms with Crippen molar-refractivity contribution in [2.24, 2.45) is 4.99 Å². The predicted octanol–water partition coefficient (Wildman–Crippen LogP) is 3.57. The number of hydrogen-bond donors (Lipinski definition) is 3. The van der Waals surface area contributed by atoms with Gasteiger partial charge in [0.1, 0.15) is 0 Å². The second-order valence-electron chi connectivity index (χ2n) is 5.63. The van der Waals surface area contributed by atoms with Gasteiger partial charge in [0.2, 0.25) is 0 Å². The van der Waals surface area contributed by atoms with Crippen LogP contribution in [0.5, 0.6) is 0 Å². The molecule has 4 nitrogen and oxygen atoms in total. The van der Waals surface area contributed by atoms with Crippen molar-refractivity contribution in [1.82, 2.24) is 15.6 Å². The van der Waals surface area contributed by atoms with Crippen LogP contribution >= 0.6 is 11.3 Å². The summed E-state index contributed by atoms with van der Waals surface area (Å²) in [7, 11) is 0. The Hall–Kier alpha value is -2.27. The van der Waals surface area contributed by atoms with Crippen LogP contribution in [0.3, 0.4) is 0 Å². The van der Waals surface area contributed by atoms with Crippen molar-refractivity contribution in [2.45, 2.75) is 19.8 Å². The fourth-order valence-corrected chi connectivity index (χ4v) is 3.43. The molecule has 0 aliphatic carbocycles. The molecule has 0 fully saturated rings. The minimum Gasteiger partial charge on any atom is -0.361 e. The second kappa shape index (κ2) is 8.55. The number of nitrogens with zero attached hydrogens (tertiary/aromatic N) is 1. The monoisotopic (exact) mass is 340 g/mol. The Bertz CT molecular complexity index is 774. The largest absolute Gasteiger partial charge is 0.361 e. The van der Waals surface area contributed by atoms with Gasteiger partial charge in [-0.05, 0) is 36.4 Å². The molecule has 0 aliphatic rings. The van der Waals surface area contributed by atoms with Crippen molar-refractivity contribution in [3.63, 3.8) is 0 Å². The molecule has 0 saturated carbocycles. The fraction of sp³-hybridized carbons (Fsp3) is 0.316. The minimum absolute atomic E-state index is 0.808. The number of aromatic amines is 1. The molecule has 0 atom stereocenters. The van der Waals surface area contributed by atoms with Gasteiger partial charge in [-0.1, -0.05) is 24.3 Å². The van der Waals surface area contributed by atoms with Crippen LogP contribution in [0, 0.1) is 0 Å². The second-order valence-corrected chi connectivity index (χ2v) is 6.66. The number of aromatic nitrogens is 1. The summed E-state index contributed by atoms with van der Waals surface area (Å²) in [5, 5.41) is 10.2. The molecule has 3 N–H and O–H groups in total. The van der Waals surface area contributed by atoms with E-state index in [-0.39, 0.29) is 0 Å². The van der Waals surface area contributed by atoms with Gasteiger partial charge in [-0.25, -0.2) is 0 Å². The van der Waals surface area contributed by atoms with E-state index in [2.05, 4.69) is 75.5 Å².